The van der Waals surface area contributed by atoms with Crippen molar-refractivity contribution in [1.29, 1.82) is 0 Å². The molecular formula is C15H36N2O6. The van der Waals surface area contributed by atoms with Gasteiger partial charge in [0, 0.05) is 26.5 Å². The Morgan fingerprint density at radius 3 is 2.09 bits per heavy atom. The highest BCUT2D eigenvalue weighted by atomic mass is 16.6. The van der Waals surface area contributed by atoms with Crippen molar-refractivity contribution in [3.05, 3.63) is 0 Å². The molecule has 3 unspecified atom stereocenters. The van der Waals surface area contributed by atoms with Gasteiger partial charge in [-0.15, -0.1) is 0 Å². The maximum Gasteiger partial charge on any atom is 0.155 e. The maximum absolute atomic E-state index is 9.34. The predicted octanol–water partition coefficient (Wildman–Crippen LogP) is -1.21. The van der Waals surface area contributed by atoms with Crippen LogP contribution in [0.5, 0.6) is 0 Å². The van der Waals surface area contributed by atoms with Crippen molar-refractivity contribution in [2.75, 3.05) is 33.9 Å². The van der Waals surface area contributed by atoms with Crippen LogP contribution in [-0.4, -0.2) is 85.0 Å². The minimum Gasteiger partial charge on any atom is -0.400 e. The number of nitrogens with two attached hydrogens (primary N) is 1. The molecule has 0 aliphatic carbocycles. The van der Waals surface area contributed by atoms with Crippen LogP contribution >= 0.6 is 0 Å². The van der Waals surface area contributed by atoms with Gasteiger partial charge in [-0.1, -0.05) is 13.8 Å². The molecule has 0 spiro atoms. The van der Waals surface area contributed by atoms with Gasteiger partial charge in [0.1, 0.15) is 0 Å². The fourth-order valence-electron chi connectivity index (χ4n) is 2.06. The summed E-state index contributed by atoms with van der Waals surface area (Å²) in [5.41, 5.74) is 5.54. The number of aliphatic hydroxyl groups excluding tert-OH is 4. The molecule has 0 aromatic rings. The number of rotatable bonds is 3. The SMILES string of the molecule is CC.CNC[C@H]1CC(O)[C@@H](N)CO1.CO.OCC1CCC(O)O1. The summed E-state index contributed by atoms with van der Waals surface area (Å²) in [5.74, 6) is 0. The van der Waals surface area contributed by atoms with Gasteiger partial charge in [-0.3, -0.25) is 0 Å². The summed E-state index contributed by atoms with van der Waals surface area (Å²) in [6, 6.07) is -0.205. The Balaban J connectivity index is 0. The molecule has 0 saturated carbocycles. The maximum atomic E-state index is 9.34. The molecule has 0 radical (unpaired) electrons. The second-order valence-corrected chi connectivity index (χ2v) is 4.95. The van der Waals surface area contributed by atoms with Crippen LogP contribution in [0.25, 0.3) is 0 Å². The lowest BCUT2D eigenvalue weighted by Gasteiger charge is -2.30. The zero-order chi connectivity index (χ0) is 18.3. The molecule has 23 heavy (non-hydrogen) atoms. The molecule has 2 rings (SSSR count). The molecule has 0 bridgehead atoms. The Morgan fingerprint density at radius 1 is 1.13 bits per heavy atom. The molecule has 0 aromatic heterocycles. The first-order chi connectivity index (χ1) is 11.1. The third-order valence-corrected chi connectivity index (χ3v) is 3.24. The fourth-order valence-corrected chi connectivity index (χ4v) is 2.06. The molecule has 2 fully saturated rings. The Bertz CT molecular complexity index is 248. The first-order valence-electron chi connectivity index (χ1n) is 8.15. The Hall–Kier alpha value is -0.320. The van der Waals surface area contributed by atoms with E-state index in [1.165, 1.54) is 0 Å². The average molecular weight is 340 g/mol. The van der Waals surface area contributed by atoms with Crippen molar-refractivity contribution in [2.24, 2.45) is 5.73 Å². The van der Waals surface area contributed by atoms with Crippen molar-refractivity contribution in [3.8, 4) is 0 Å². The van der Waals surface area contributed by atoms with Crippen molar-refractivity contribution >= 4 is 0 Å². The molecule has 142 valence electrons. The predicted molar refractivity (Wildman–Crippen MR) is 89.0 cm³/mol. The smallest absolute Gasteiger partial charge is 0.155 e. The molecular weight excluding hydrogens is 304 g/mol. The minimum absolute atomic E-state index is 0.0249. The lowest BCUT2D eigenvalue weighted by atomic mass is 10.0. The van der Waals surface area contributed by atoms with E-state index >= 15 is 0 Å². The highest BCUT2D eigenvalue weighted by Gasteiger charge is 2.26. The van der Waals surface area contributed by atoms with Crippen LogP contribution in [0.4, 0.5) is 0 Å². The van der Waals surface area contributed by atoms with Gasteiger partial charge in [-0.25, -0.2) is 0 Å². The summed E-state index contributed by atoms with van der Waals surface area (Å²) in [5, 5.41) is 36.5. The van der Waals surface area contributed by atoms with E-state index in [4.69, 9.17) is 30.5 Å². The zero-order valence-corrected chi connectivity index (χ0v) is 14.8. The van der Waals surface area contributed by atoms with Crippen LogP contribution in [-0.2, 0) is 9.47 Å². The van der Waals surface area contributed by atoms with Crippen LogP contribution < -0.4 is 11.1 Å². The number of ether oxygens (including phenoxy) is 2. The van der Waals surface area contributed by atoms with Gasteiger partial charge in [0.25, 0.3) is 0 Å². The van der Waals surface area contributed by atoms with E-state index in [-0.39, 0.29) is 24.9 Å². The van der Waals surface area contributed by atoms with Crippen LogP contribution in [0.3, 0.4) is 0 Å². The summed E-state index contributed by atoms with van der Waals surface area (Å²) in [6.07, 6.45) is 1.04. The molecule has 8 heteroatoms. The van der Waals surface area contributed by atoms with Crippen LogP contribution in [0, 0.1) is 0 Å². The molecule has 8 nitrogen and oxygen atoms in total. The zero-order valence-electron chi connectivity index (χ0n) is 14.8. The van der Waals surface area contributed by atoms with Crippen LogP contribution in [0.1, 0.15) is 33.1 Å². The quantitative estimate of drug-likeness (QED) is 0.377. The number of hydrogen-bond donors (Lipinski definition) is 6. The molecule has 2 aliphatic rings. The molecule has 0 amide bonds. The van der Waals surface area contributed by atoms with Gasteiger partial charge < -0.3 is 41.0 Å². The van der Waals surface area contributed by atoms with E-state index in [2.05, 4.69) is 5.32 Å². The van der Waals surface area contributed by atoms with Gasteiger partial charge in [0.05, 0.1) is 37.6 Å². The normalized spacial score (nSPS) is 32.5. The van der Waals surface area contributed by atoms with Crippen LogP contribution in [0.2, 0.25) is 0 Å². The van der Waals surface area contributed by atoms with Gasteiger partial charge in [-0.2, -0.15) is 0 Å². The minimum atomic E-state index is -0.632. The van der Waals surface area contributed by atoms with E-state index in [0.29, 0.717) is 19.4 Å². The van der Waals surface area contributed by atoms with E-state index in [1.807, 2.05) is 20.9 Å². The molecule has 2 heterocycles. The van der Waals surface area contributed by atoms with E-state index in [1.54, 1.807) is 0 Å². The van der Waals surface area contributed by atoms with Gasteiger partial charge in [-0.05, 0) is 13.5 Å². The Morgan fingerprint density at radius 2 is 1.74 bits per heavy atom. The fraction of sp³-hybridized carbons (Fsp3) is 1.00. The summed E-state index contributed by atoms with van der Waals surface area (Å²) in [4.78, 5) is 0. The highest BCUT2D eigenvalue weighted by molar-refractivity contribution is 4.81. The van der Waals surface area contributed by atoms with E-state index in [0.717, 1.165) is 20.1 Å². The topological polar surface area (TPSA) is 137 Å². The molecule has 2 saturated heterocycles. The van der Waals surface area contributed by atoms with E-state index in [9.17, 15) is 5.11 Å². The summed E-state index contributed by atoms with van der Waals surface area (Å²) < 4.78 is 10.2. The first-order valence-corrected chi connectivity index (χ1v) is 8.15. The Kier molecular flexibility index (Phi) is 17.9. The number of likely N-dealkylation sites (N-methyl/N-ethyl adjacent to an activating group) is 1. The second-order valence-electron chi connectivity index (χ2n) is 4.95. The standard InChI is InChI=1S/C7H16N2O2.C5H10O3.C2H6.CH4O/c1-9-3-5-2-7(10)6(8)4-11-5;6-3-4-1-2-5(7)8-4;2*1-2/h5-7,9-10H,2-4,8H2,1H3;4-7H,1-3H2;1-2H3;2H,1H3/t5-,6+,7?;;;/m1.../s1. The number of nitrogens with one attached hydrogen (secondary N) is 1. The van der Waals surface area contributed by atoms with Gasteiger partial charge in [0.15, 0.2) is 6.29 Å². The average Bonchev–Trinajstić information content (AvgIpc) is 3.01. The second kappa shape index (κ2) is 16.5. The summed E-state index contributed by atoms with van der Waals surface area (Å²) >= 11 is 0. The monoisotopic (exact) mass is 340 g/mol. The lowest BCUT2D eigenvalue weighted by Crippen LogP contribution is -2.48. The van der Waals surface area contributed by atoms with Crippen molar-refractivity contribution in [1.82, 2.24) is 5.32 Å². The van der Waals surface area contributed by atoms with Crippen LogP contribution in [0.15, 0.2) is 0 Å². The summed E-state index contributed by atoms with van der Waals surface area (Å²) in [6.45, 7) is 5.27. The summed E-state index contributed by atoms with van der Waals surface area (Å²) in [7, 11) is 2.87. The third kappa shape index (κ3) is 11.8. The molecule has 0 aromatic carbocycles. The van der Waals surface area contributed by atoms with Crippen molar-refractivity contribution < 1.29 is 29.9 Å². The molecule has 5 atom stereocenters. The Labute approximate surface area is 139 Å². The van der Waals surface area contributed by atoms with Crippen molar-refractivity contribution in [2.45, 2.75) is 63.8 Å². The van der Waals surface area contributed by atoms with E-state index < -0.39 is 12.4 Å². The van der Waals surface area contributed by atoms with Crippen molar-refractivity contribution in [3.63, 3.8) is 0 Å². The molecule has 7 N–H and O–H groups in total. The number of aliphatic hydroxyl groups is 4. The van der Waals surface area contributed by atoms with Gasteiger partial charge >= 0.3 is 0 Å². The largest absolute Gasteiger partial charge is 0.400 e. The van der Waals surface area contributed by atoms with Gasteiger partial charge in [0.2, 0.25) is 0 Å². The first kappa shape index (κ1) is 24.9. The lowest BCUT2D eigenvalue weighted by molar-refractivity contribution is -0.101. The molecule has 2 aliphatic heterocycles. The highest BCUT2D eigenvalue weighted by Crippen LogP contribution is 2.16. The third-order valence-electron chi connectivity index (χ3n) is 3.24. The number of hydrogen-bond acceptors (Lipinski definition) is 8.